The van der Waals surface area contributed by atoms with Crippen molar-refractivity contribution in [3.63, 3.8) is 0 Å². The molecule has 0 aromatic carbocycles. The number of ether oxygens (including phenoxy) is 1. The number of nitrogens with two attached hydrogens (primary N) is 1. The fourth-order valence-electron chi connectivity index (χ4n) is 3.03. The van der Waals surface area contributed by atoms with Gasteiger partial charge in [-0.3, -0.25) is 4.79 Å². The lowest BCUT2D eigenvalue weighted by Crippen LogP contribution is -2.38. The zero-order valence-corrected chi connectivity index (χ0v) is 10.7. The molecule has 0 bridgehead atoms. The van der Waals surface area contributed by atoms with Gasteiger partial charge in [0.15, 0.2) is 0 Å². The Bertz CT molecular complexity index is 262. The van der Waals surface area contributed by atoms with Crippen molar-refractivity contribution in [3.8, 4) is 0 Å². The highest BCUT2D eigenvalue weighted by molar-refractivity contribution is 5.79. The van der Waals surface area contributed by atoms with Crippen LogP contribution in [0, 0.1) is 11.8 Å². The number of carbonyl (C=O) groups is 1. The van der Waals surface area contributed by atoms with E-state index in [0.717, 1.165) is 51.8 Å². The number of hydrogen-bond acceptors (Lipinski definition) is 3. The normalized spacial score (nSPS) is 34.0. The molecule has 1 amide bonds. The van der Waals surface area contributed by atoms with Crippen LogP contribution in [0.2, 0.25) is 0 Å². The second-order valence-corrected chi connectivity index (χ2v) is 5.51. The molecule has 4 nitrogen and oxygen atoms in total. The van der Waals surface area contributed by atoms with E-state index in [2.05, 4.69) is 0 Å². The maximum absolute atomic E-state index is 12.3. The Kier molecular flexibility index (Phi) is 4.40. The van der Waals surface area contributed by atoms with Gasteiger partial charge in [-0.1, -0.05) is 0 Å². The average molecular weight is 240 g/mol. The molecule has 1 unspecified atom stereocenters. The van der Waals surface area contributed by atoms with Crippen LogP contribution in [0.25, 0.3) is 0 Å². The van der Waals surface area contributed by atoms with E-state index in [1.54, 1.807) is 7.11 Å². The van der Waals surface area contributed by atoms with Crippen molar-refractivity contribution < 1.29 is 9.53 Å². The van der Waals surface area contributed by atoms with Crippen LogP contribution in [0.15, 0.2) is 0 Å². The van der Waals surface area contributed by atoms with Crippen molar-refractivity contribution in [3.05, 3.63) is 0 Å². The Morgan fingerprint density at radius 1 is 1.29 bits per heavy atom. The molecule has 2 rings (SSSR count). The van der Waals surface area contributed by atoms with Crippen LogP contribution >= 0.6 is 0 Å². The molecule has 1 aliphatic heterocycles. The molecule has 0 aromatic rings. The highest BCUT2D eigenvalue weighted by atomic mass is 16.5. The molecule has 0 radical (unpaired) electrons. The fraction of sp³-hybridized carbons (Fsp3) is 0.923. The van der Waals surface area contributed by atoms with Crippen LogP contribution in [-0.2, 0) is 9.53 Å². The SMILES string of the molecule is COCC1CCN(C(=O)C2CCC(N)CC2)C1. The molecular formula is C13H24N2O2. The van der Waals surface area contributed by atoms with Crippen LogP contribution in [0.3, 0.4) is 0 Å². The van der Waals surface area contributed by atoms with Gasteiger partial charge in [0.1, 0.15) is 0 Å². The summed E-state index contributed by atoms with van der Waals surface area (Å²) >= 11 is 0. The molecule has 2 fully saturated rings. The summed E-state index contributed by atoms with van der Waals surface area (Å²) in [6, 6.07) is 0.318. The molecule has 2 aliphatic rings. The van der Waals surface area contributed by atoms with Crippen molar-refractivity contribution in [1.29, 1.82) is 0 Å². The van der Waals surface area contributed by atoms with E-state index < -0.39 is 0 Å². The van der Waals surface area contributed by atoms with Crippen molar-refractivity contribution >= 4 is 5.91 Å². The van der Waals surface area contributed by atoms with Gasteiger partial charge in [0, 0.05) is 38.1 Å². The maximum atomic E-state index is 12.3. The van der Waals surface area contributed by atoms with Gasteiger partial charge in [-0.2, -0.15) is 0 Å². The number of likely N-dealkylation sites (tertiary alicyclic amines) is 1. The van der Waals surface area contributed by atoms with Gasteiger partial charge in [0.25, 0.3) is 0 Å². The summed E-state index contributed by atoms with van der Waals surface area (Å²) in [5.41, 5.74) is 5.87. The van der Waals surface area contributed by atoms with Gasteiger partial charge >= 0.3 is 0 Å². The number of nitrogens with zero attached hydrogens (tertiary/aromatic N) is 1. The van der Waals surface area contributed by atoms with Crippen LogP contribution in [-0.4, -0.2) is 43.7 Å². The first-order valence-corrected chi connectivity index (χ1v) is 6.74. The molecule has 2 N–H and O–H groups in total. The number of hydrogen-bond donors (Lipinski definition) is 1. The summed E-state index contributed by atoms with van der Waals surface area (Å²) in [5, 5.41) is 0. The Balaban J connectivity index is 1.80. The lowest BCUT2D eigenvalue weighted by Gasteiger charge is -2.28. The van der Waals surface area contributed by atoms with Crippen molar-refractivity contribution in [1.82, 2.24) is 4.90 Å². The van der Waals surface area contributed by atoms with Crippen LogP contribution < -0.4 is 5.73 Å². The second-order valence-electron chi connectivity index (χ2n) is 5.51. The van der Waals surface area contributed by atoms with Gasteiger partial charge in [0.2, 0.25) is 5.91 Å². The Morgan fingerprint density at radius 2 is 2.00 bits per heavy atom. The molecule has 1 heterocycles. The van der Waals surface area contributed by atoms with Crippen molar-refractivity contribution in [2.75, 3.05) is 26.8 Å². The molecule has 0 aromatic heterocycles. The maximum Gasteiger partial charge on any atom is 0.225 e. The molecule has 1 aliphatic carbocycles. The van der Waals surface area contributed by atoms with Crippen LogP contribution in [0.4, 0.5) is 0 Å². The van der Waals surface area contributed by atoms with E-state index >= 15 is 0 Å². The molecule has 98 valence electrons. The van der Waals surface area contributed by atoms with E-state index in [1.165, 1.54) is 0 Å². The van der Waals surface area contributed by atoms with Gasteiger partial charge in [-0.05, 0) is 32.1 Å². The smallest absolute Gasteiger partial charge is 0.225 e. The first-order valence-electron chi connectivity index (χ1n) is 6.74. The number of methoxy groups -OCH3 is 1. The zero-order valence-electron chi connectivity index (χ0n) is 10.7. The average Bonchev–Trinajstić information content (AvgIpc) is 2.78. The van der Waals surface area contributed by atoms with E-state index in [0.29, 0.717) is 17.9 Å². The van der Waals surface area contributed by atoms with E-state index in [9.17, 15) is 4.79 Å². The summed E-state index contributed by atoms with van der Waals surface area (Å²) in [4.78, 5) is 14.3. The molecule has 1 atom stereocenters. The van der Waals surface area contributed by atoms with Gasteiger partial charge in [-0.25, -0.2) is 0 Å². The summed E-state index contributed by atoms with van der Waals surface area (Å²) < 4.78 is 5.16. The summed E-state index contributed by atoms with van der Waals surface area (Å²) in [6.07, 6.45) is 5.06. The molecule has 17 heavy (non-hydrogen) atoms. The predicted octanol–water partition coefficient (Wildman–Crippen LogP) is 0.999. The summed E-state index contributed by atoms with van der Waals surface area (Å²) in [7, 11) is 1.73. The van der Waals surface area contributed by atoms with Gasteiger partial charge in [-0.15, -0.1) is 0 Å². The molecule has 1 saturated carbocycles. The molecular weight excluding hydrogens is 216 g/mol. The van der Waals surface area contributed by atoms with Crippen molar-refractivity contribution in [2.45, 2.75) is 38.1 Å². The summed E-state index contributed by atoms with van der Waals surface area (Å²) in [5.74, 6) is 1.13. The second kappa shape index (κ2) is 5.83. The Morgan fingerprint density at radius 3 is 2.65 bits per heavy atom. The van der Waals surface area contributed by atoms with Crippen LogP contribution in [0.1, 0.15) is 32.1 Å². The highest BCUT2D eigenvalue weighted by Crippen LogP contribution is 2.27. The zero-order chi connectivity index (χ0) is 12.3. The van der Waals surface area contributed by atoms with Crippen molar-refractivity contribution in [2.24, 2.45) is 17.6 Å². The first kappa shape index (κ1) is 12.8. The molecule has 0 spiro atoms. The standard InChI is InChI=1S/C13H24N2O2/c1-17-9-10-6-7-15(8-10)13(16)11-2-4-12(14)5-3-11/h10-12H,2-9,14H2,1H3. The number of rotatable bonds is 3. The topological polar surface area (TPSA) is 55.6 Å². The fourth-order valence-corrected chi connectivity index (χ4v) is 3.03. The number of amides is 1. The lowest BCUT2D eigenvalue weighted by molar-refractivity contribution is -0.135. The predicted molar refractivity (Wildman–Crippen MR) is 66.5 cm³/mol. The first-order chi connectivity index (χ1) is 8.20. The van der Waals surface area contributed by atoms with Gasteiger partial charge in [0.05, 0.1) is 6.61 Å². The Hall–Kier alpha value is -0.610. The Labute approximate surface area is 103 Å². The lowest BCUT2D eigenvalue weighted by atomic mass is 9.85. The summed E-state index contributed by atoms with van der Waals surface area (Å²) in [6.45, 7) is 2.57. The largest absolute Gasteiger partial charge is 0.384 e. The molecule has 1 saturated heterocycles. The van der Waals surface area contributed by atoms with E-state index in [4.69, 9.17) is 10.5 Å². The minimum Gasteiger partial charge on any atom is -0.384 e. The van der Waals surface area contributed by atoms with Gasteiger partial charge < -0.3 is 15.4 Å². The number of carbonyl (C=O) groups excluding carboxylic acids is 1. The van der Waals surface area contributed by atoms with E-state index in [1.807, 2.05) is 4.90 Å². The third-order valence-electron chi connectivity index (χ3n) is 4.12. The minimum absolute atomic E-state index is 0.232. The van der Waals surface area contributed by atoms with Crippen LogP contribution in [0.5, 0.6) is 0 Å². The quantitative estimate of drug-likeness (QED) is 0.800. The third kappa shape index (κ3) is 3.19. The molecule has 4 heteroatoms. The minimum atomic E-state index is 0.232. The third-order valence-corrected chi connectivity index (χ3v) is 4.12. The highest BCUT2D eigenvalue weighted by Gasteiger charge is 2.32. The van der Waals surface area contributed by atoms with E-state index in [-0.39, 0.29) is 5.92 Å². The monoisotopic (exact) mass is 240 g/mol.